The number of ketones is 1. The molecule has 17 heavy (non-hydrogen) atoms. The fraction of sp³-hybridized carbons (Fsp3) is 0.562. The second-order valence-corrected chi connectivity index (χ2v) is 4.96. The van der Waals surface area contributed by atoms with Crippen LogP contribution >= 0.6 is 0 Å². The SMILES string of the molecule is C=CC=CC=C(C(=O)CCC1CC1)C(C)CC. The Bertz CT molecular complexity index is 318. The van der Waals surface area contributed by atoms with E-state index in [1.165, 1.54) is 12.8 Å². The van der Waals surface area contributed by atoms with E-state index in [1.807, 2.05) is 18.2 Å². The van der Waals surface area contributed by atoms with Gasteiger partial charge in [-0.2, -0.15) is 0 Å². The minimum atomic E-state index is 0.333. The van der Waals surface area contributed by atoms with Gasteiger partial charge in [0, 0.05) is 6.42 Å². The second-order valence-electron chi connectivity index (χ2n) is 4.96. The summed E-state index contributed by atoms with van der Waals surface area (Å²) in [5.74, 6) is 1.52. The van der Waals surface area contributed by atoms with Crippen LogP contribution in [0.5, 0.6) is 0 Å². The van der Waals surface area contributed by atoms with Crippen LogP contribution in [0, 0.1) is 11.8 Å². The Kier molecular flexibility index (Phi) is 5.96. The summed E-state index contributed by atoms with van der Waals surface area (Å²) in [5, 5.41) is 0. The number of carbonyl (C=O) groups is 1. The Labute approximate surface area is 105 Å². The first kappa shape index (κ1) is 14.0. The molecule has 0 amide bonds. The van der Waals surface area contributed by atoms with Crippen LogP contribution in [-0.4, -0.2) is 5.78 Å². The highest BCUT2D eigenvalue weighted by Gasteiger charge is 2.23. The van der Waals surface area contributed by atoms with E-state index in [1.54, 1.807) is 6.08 Å². The van der Waals surface area contributed by atoms with Crippen LogP contribution in [0.3, 0.4) is 0 Å². The van der Waals surface area contributed by atoms with E-state index in [9.17, 15) is 4.79 Å². The molecular weight excluding hydrogens is 208 g/mol. The van der Waals surface area contributed by atoms with Crippen molar-refractivity contribution >= 4 is 5.78 Å². The lowest BCUT2D eigenvalue weighted by Gasteiger charge is -2.12. The summed E-state index contributed by atoms with van der Waals surface area (Å²) >= 11 is 0. The van der Waals surface area contributed by atoms with Crippen molar-refractivity contribution in [1.29, 1.82) is 0 Å². The molecular formula is C16H24O. The Morgan fingerprint density at radius 3 is 2.65 bits per heavy atom. The van der Waals surface area contributed by atoms with Crippen molar-refractivity contribution in [1.82, 2.24) is 0 Å². The van der Waals surface area contributed by atoms with Gasteiger partial charge in [0.15, 0.2) is 5.78 Å². The van der Waals surface area contributed by atoms with E-state index in [4.69, 9.17) is 0 Å². The summed E-state index contributed by atoms with van der Waals surface area (Å²) in [6.45, 7) is 7.89. The molecule has 0 saturated heterocycles. The maximum Gasteiger partial charge on any atom is 0.159 e. The molecule has 0 bridgehead atoms. The smallest absolute Gasteiger partial charge is 0.159 e. The topological polar surface area (TPSA) is 17.1 Å². The first-order valence-electron chi connectivity index (χ1n) is 6.71. The van der Waals surface area contributed by atoms with Gasteiger partial charge >= 0.3 is 0 Å². The Morgan fingerprint density at radius 1 is 1.41 bits per heavy atom. The second kappa shape index (κ2) is 7.26. The first-order chi connectivity index (χ1) is 8.19. The van der Waals surface area contributed by atoms with Crippen molar-refractivity contribution in [2.75, 3.05) is 0 Å². The average molecular weight is 232 g/mol. The lowest BCUT2D eigenvalue weighted by molar-refractivity contribution is -0.116. The van der Waals surface area contributed by atoms with Crippen LogP contribution in [0.1, 0.15) is 46.0 Å². The molecule has 94 valence electrons. The number of hydrogen-bond acceptors (Lipinski definition) is 1. The molecule has 1 aliphatic carbocycles. The molecule has 0 radical (unpaired) electrons. The van der Waals surface area contributed by atoms with E-state index in [2.05, 4.69) is 20.4 Å². The monoisotopic (exact) mass is 232 g/mol. The lowest BCUT2D eigenvalue weighted by Crippen LogP contribution is -2.10. The third kappa shape index (κ3) is 5.16. The molecule has 0 aliphatic heterocycles. The Hall–Kier alpha value is -1.11. The summed E-state index contributed by atoms with van der Waals surface area (Å²) in [6, 6.07) is 0. The minimum absolute atomic E-state index is 0.333. The van der Waals surface area contributed by atoms with Crippen LogP contribution in [0.2, 0.25) is 0 Å². The maximum atomic E-state index is 12.1. The molecule has 0 heterocycles. The molecule has 1 atom stereocenters. The quantitative estimate of drug-likeness (QED) is 0.446. The fourth-order valence-corrected chi connectivity index (χ4v) is 1.88. The molecule has 1 aliphatic rings. The number of carbonyl (C=O) groups excluding carboxylic acids is 1. The van der Waals surface area contributed by atoms with Gasteiger partial charge in [-0.15, -0.1) is 0 Å². The highest BCUT2D eigenvalue weighted by molar-refractivity contribution is 5.96. The molecule has 1 nitrogen and oxygen atoms in total. The highest BCUT2D eigenvalue weighted by Crippen LogP contribution is 2.34. The normalized spacial score (nSPS) is 18.4. The minimum Gasteiger partial charge on any atom is -0.295 e. The zero-order valence-electron chi connectivity index (χ0n) is 11.1. The van der Waals surface area contributed by atoms with Crippen LogP contribution < -0.4 is 0 Å². The molecule has 0 spiro atoms. The Balaban J connectivity index is 2.59. The molecule has 1 fully saturated rings. The largest absolute Gasteiger partial charge is 0.295 e. The molecule has 1 unspecified atom stereocenters. The highest BCUT2D eigenvalue weighted by atomic mass is 16.1. The zero-order valence-corrected chi connectivity index (χ0v) is 11.1. The van der Waals surface area contributed by atoms with Gasteiger partial charge < -0.3 is 0 Å². The molecule has 1 rings (SSSR count). The van der Waals surface area contributed by atoms with Gasteiger partial charge in [-0.1, -0.05) is 57.6 Å². The molecule has 1 heteroatoms. The van der Waals surface area contributed by atoms with Crippen molar-refractivity contribution in [3.8, 4) is 0 Å². The van der Waals surface area contributed by atoms with E-state index in [0.717, 1.165) is 30.8 Å². The van der Waals surface area contributed by atoms with Gasteiger partial charge in [-0.25, -0.2) is 0 Å². The number of hydrogen-bond donors (Lipinski definition) is 0. The van der Waals surface area contributed by atoms with E-state index in [-0.39, 0.29) is 0 Å². The van der Waals surface area contributed by atoms with Gasteiger partial charge in [0.1, 0.15) is 0 Å². The summed E-state index contributed by atoms with van der Waals surface area (Å²) in [4.78, 5) is 12.1. The molecule has 0 aromatic carbocycles. The van der Waals surface area contributed by atoms with Crippen LogP contribution in [0.15, 0.2) is 36.5 Å². The van der Waals surface area contributed by atoms with E-state index < -0.39 is 0 Å². The van der Waals surface area contributed by atoms with Crippen LogP contribution in [-0.2, 0) is 4.79 Å². The van der Waals surface area contributed by atoms with Crippen molar-refractivity contribution in [2.24, 2.45) is 11.8 Å². The summed E-state index contributed by atoms with van der Waals surface area (Å²) < 4.78 is 0. The predicted molar refractivity (Wildman–Crippen MR) is 73.8 cm³/mol. The van der Waals surface area contributed by atoms with Gasteiger partial charge in [-0.3, -0.25) is 4.79 Å². The standard InChI is InChI=1S/C16H24O/c1-4-6-7-8-15(13(3)5-2)16(17)12-11-14-9-10-14/h4,6-8,13-14H,1,5,9-12H2,2-3H3. The van der Waals surface area contributed by atoms with Gasteiger partial charge in [0.2, 0.25) is 0 Å². The first-order valence-corrected chi connectivity index (χ1v) is 6.71. The van der Waals surface area contributed by atoms with Crippen molar-refractivity contribution in [3.05, 3.63) is 36.5 Å². The molecule has 0 aromatic heterocycles. The third-order valence-corrected chi connectivity index (χ3v) is 3.46. The number of allylic oxidation sites excluding steroid dienone is 5. The van der Waals surface area contributed by atoms with Crippen molar-refractivity contribution in [2.45, 2.75) is 46.0 Å². The summed E-state index contributed by atoms with van der Waals surface area (Å²) in [7, 11) is 0. The Morgan fingerprint density at radius 2 is 2.12 bits per heavy atom. The van der Waals surface area contributed by atoms with E-state index in [0.29, 0.717) is 11.7 Å². The lowest BCUT2D eigenvalue weighted by atomic mass is 9.92. The zero-order chi connectivity index (χ0) is 12.7. The summed E-state index contributed by atoms with van der Waals surface area (Å²) in [6.07, 6.45) is 13.0. The average Bonchev–Trinajstić information content (AvgIpc) is 3.15. The molecule has 0 aromatic rings. The predicted octanol–water partition coefficient (Wildman–Crippen LogP) is 4.46. The van der Waals surface area contributed by atoms with Crippen molar-refractivity contribution in [3.63, 3.8) is 0 Å². The van der Waals surface area contributed by atoms with Crippen LogP contribution in [0.25, 0.3) is 0 Å². The van der Waals surface area contributed by atoms with Gasteiger partial charge in [0.25, 0.3) is 0 Å². The summed E-state index contributed by atoms with van der Waals surface area (Å²) in [5.41, 5.74) is 0.978. The molecule has 1 saturated carbocycles. The van der Waals surface area contributed by atoms with Gasteiger partial charge in [-0.05, 0) is 30.3 Å². The van der Waals surface area contributed by atoms with E-state index >= 15 is 0 Å². The van der Waals surface area contributed by atoms with Crippen LogP contribution in [0.4, 0.5) is 0 Å². The van der Waals surface area contributed by atoms with Gasteiger partial charge in [0.05, 0.1) is 0 Å². The van der Waals surface area contributed by atoms with Crippen molar-refractivity contribution < 1.29 is 4.79 Å². The third-order valence-electron chi connectivity index (χ3n) is 3.46. The number of rotatable bonds is 8. The maximum absolute atomic E-state index is 12.1. The number of Topliss-reactive ketones (excluding diaryl/α,β-unsaturated/α-hetero) is 1. The molecule has 0 N–H and O–H groups in total. The fourth-order valence-electron chi connectivity index (χ4n) is 1.88.